The molecule has 1 N–H and O–H groups in total. The van der Waals surface area contributed by atoms with Crippen molar-refractivity contribution in [1.82, 2.24) is 20.1 Å². The third-order valence-corrected chi connectivity index (χ3v) is 4.90. The normalized spacial score (nSPS) is 14.3. The Morgan fingerprint density at radius 2 is 2.19 bits per heavy atom. The molecule has 0 aliphatic heterocycles. The Kier molecular flexibility index (Phi) is 5.94. The summed E-state index contributed by atoms with van der Waals surface area (Å²) in [4.78, 5) is 5.72. The van der Waals surface area contributed by atoms with E-state index in [1.54, 1.807) is 11.3 Å². The highest BCUT2D eigenvalue weighted by atomic mass is 32.1. The Balaban J connectivity index is 2.11. The van der Waals surface area contributed by atoms with Crippen LogP contribution in [0.1, 0.15) is 62.0 Å². The zero-order chi connectivity index (χ0) is 15.2. The molecule has 2 aromatic rings. The summed E-state index contributed by atoms with van der Waals surface area (Å²) in [6.45, 7) is 9.70. The van der Waals surface area contributed by atoms with E-state index in [0.29, 0.717) is 12.1 Å². The van der Waals surface area contributed by atoms with E-state index in [9.17, 15) is 0 Å². The lowest BCUT2D eigenvalue weighted by Crippen LogP contribution is -2.24. The second-order valence-corrected chi connectivity index (χ2v) is 6.44. The fourth-order valence-corrected chi connectivity index (χ4v) is 3.23. The van der Waals surface area contributed by atoms with Gasteiger partial charge in [-0.1, -0.05) is 13.8 Å². The highest BCUT2D eigenvalue weighted by Gasteiger charge is 2.17. The smallest absolute Gasteiger partial charge is 0.0798 e. The van der Waals surface area contributed by atoms with E-state index in [-0.39, 0.29) is 0 Å². The van der Waals surface area contributed by atoms with Crippen molar-refractivity contribution in [3.8, 4) is 0 Å². The van der Waals surface area contributed by atoms with Crippen LogP contribution in [0.3, 0.4) is 0 Å². The van der Waals surface area contributed by atoms with E-state index in [2.05, 4.69) is 54.9 Å². The molecule has 0 aromatic carbocycles. The van der Waals surface area contributed by atoms with Crippen LogP contribution in [0, 0.1) is 6.92 Å². The number of hydrogen-bond acceptors (Lipinski definition) is 4. The second kappa shape index (κ2) is 7.71. The van der Waals surface area contributed by atoms with Crippen molar-refractivity contribution in [2.45, 2.75) is 59.0 Å². The molecule has 0 saturated heterocycles. The second-order valence-electron chi connectivity index (χ2n) is 5.56. The van der Waals surface area contributed by atoms with E-state index in [4.69, 9.17) is 5.10 Å². The number of thiazole rings is 1. The molecule has 21 heavy (non-hydrogen) atoms. The predicted molar refractivity (Wildman–Crippen MR) is 88.8 cm³/mol. The molecule has 2 aromatic heterocycles. The van der Waals surface area contributed by atoms with Crippen LogP contribution in [-0.2, 0) is 6.42 Å². The van der Waals surface area contributed by atoms with E-state index in [1.165, 1.54) is 4.88 Å². The van der Waals surface area contributed by atoms with E-state index < -0.39 is 0 Å². The molecule has 0 saturated carbocycles. The van der Waals surface area contributed by atoms with Crippen LogP contribution < -0.4 is 5.32 Å². The van der Waals surface area contributed by atoms with Gasteiger partial charge in [0.25, 0.3) is 0 Å². The van der Waals surface area contributed by atoms with Gasteiger partial charge in [0.2, 0.25) is 0 Å². The van der Waals surface area contributed by atoms with E-state index in [1.807, 2.05) is 5.51 Å². The van der Waals surface area contributed by atoms with Crippen molar-refractivity contribution in [2.24, 2.45) is 0 Å². The summed E-state index contributed by atoms with van der Waals surface area (Å²) in [5.41, 5.74) is 4.22. The molecule has 2 unspecified atom stereocenters. The van der Waals surface area contributed by atoms with Gasteiger partial charge in [0, 0.05) is 29.6 Å². The zero-order valence-electron chi connectivity index (χ0n) is 13.5. The fourth-order valence-electron chi connectivity index (χ4n) is 2.35. The molecule has 2 atom stereocenters. The standard InChI is InChI=1S/C16H26N4S/c1-5-8-17-15(16-13(4)18-11-21-16)10-14-7-9-20(19-14)12(3)6-2/h7,9,11-12,15,17H,5-6,8,10H2,1-4H3. The van der Waals surface area contributed by atoms with Crippen LogP contribution >= 0.6 is 11.3 Å². The number of aryl methyl sites for hydroxylation is 1. The summed E-state index contributed by atoms with van der Waals surface area (Å²) in [5.74, 6) is 0. The zero-order valence-corrected chi connectivity index (χ0v) is 14.3. The van der Waals surface area contributed by atoms with Crippen LogP contribution in [0.4, 0.5) is 0 Å². The lowest BCUT2D eigenvalue weighted by atomic mass is 10.1. The first-order valence-corrected chi connectivity index (χ1v) is 8.71. The van der Waals surface area contributed by atoms with Crippen molar-refractivity contribution in [2.75, 3.05) is 6.54 Å². The minimum Gasteiger partial charge on any atom is -0.309 e. The summed E-state index contributed by atoms with van der Waals surface area (Å²) < 4.78 is 2.08. The molecule has 116 valence electrons. The van der Waals surface area contributed by atoms with Crippen LogP contribution in [0.2, 0.25) is 0 Å². The van der Waals surface area contributed by atoms with Crippen LogP contribution in [-0.4, -0.2) is 21.3 Å². The predicted octanol–water partition coefficient (Wildman–Crippen LogP) is 3.90. The summed E-state index contributed by atoms with van der Waals surface area (Å²) in [5, 5.41) is 8.36. The topological polar surface area (TPSA) is 42.7 Å². The molecule has 2 heterocycles. The van der Waals surface area contributed by atoms with Gasteiger partial charge >= 0.3 is 0 Å². The van der Waals surface area contributed by atoms with Crippen LogP contribution in [0.15, 0.2) is 17.8 Å². The van der Waals surface area contributed by atoms with Gasteiger partial charge in [-0.3, -0.25) is 4.68 Å². The third-order valence-electron chi connectivity index (χ3n) is 3.86. The molecular formula is C16H26N4S. The molecule has 0 amide bonds. The average Bonchev–Trinajstić information content (AvgIpc) is 3.11. The number of nitrogens with one attached hydrogen (secondary N) is 1. The lowest BCUT2D eigenvalue weighted by Gasteiger charge is -2.17. The maximum absolute atomic E-state index is 4.73. The highest BCUT2D eigenvalue weighted by molar-refractivity contribution is 7.09. The molecule has 0 bridgehead atoms. The number of nitrogens with zero attached hydrogens (tertiary/aromatic N) is 3. The molecule has 0 spiro atoms. The van der Waals surface area contributed by atoms with Gasteiger partial charge in [0.1, 0.15) is 0 Å². The summed E-state index contributed by atoms with van der Waals surface area (Å²) in [7, 11) is 0. The Labute approximate surface area is 131 Å². The average molecular weight is 306 g/mol. The summed E-state index contributed by atoms with van der Waals surface area (Å²) in [6.07, 6.45) is 5.26. The van der Waals surface area contributed by atoms with Crippen molar-refractivity contribution in [1.29, 1.82) is 0 Å². The Hall–Kier alpha value is -1.20. The van der Waals surface area contributed by atoms with Gasteiger partial charge in [-0.2, -0.15) is 5.10 Å². The monoisotopic (exact) mass is 306 g/mol. The maximum atomic E-state index is 4.73. The molecule has 5 heteroatoms. The minimum absolute atomic E-state index is 0.317. The lowest BCUT2D eigenvalue weighted by molar-refractivity contribution is 0.466. The molecule has 0 radical (unpaired) electrons. The number of rotatable bonds is 8. The maximum Gasteiger partial charge on any atom is 0.0798 e. The van der Waals surface area contributed by atoms with Gasteiger partial charge in [-0.15, -0.1) is 11.3 Å². The minimum atomic E-state index is 0.317. The van der Waals surface area contributed by atoms with Crippen LogP contribution in [0.5, 0.6) is 0 Å². The fraction of sp³-hybridized carbons (Fsp3) is 0.625. The van der Waals surface area contributed by atoms with Crippen LogP contribution in [0.25, 0.3) is 0 Å². The first kappa shape index (κ1) is 16.2. The van der Waals surface area contributed by atoms with E-state index in [0.717, 1.165) is 37.2 Å². The molecule has 0 aliphatic carbocycles. The molecule has 0 fully saturated rings. The van der Waals surface area contributed by atoms with Gasteiger partial charge < -0.3 is 5.32 Å². The molecular weight excluding hydrogens is 280 g/mol. The SMILES string of the molecule is CCCNC(Cc1ccn(C(C)CC)n1)c1scnc1C. The number of hydrogen-bond donors (Lipinski definition) is 1. The quantitative estimate of drug-likeness (QED) is 0.804. The van der Waals surface area contributed by atoms with Crippen molar-refractivity contribution < 1.29 is 0 Å². The van der Waals surface area contributed by atoms with Gasteiger partial charge in [-0.05, 0) is 39.3 Å². The Morgan fingerprint density at radius 3 is 2.81 bits per heavy atom. The largest absolute Gasteiger partial charge is 0.309 e. The van der Waals surface area contributed by atoms with E-state index >= 15 is 0 Å². The Morgan fingerprint density at radius 1 is 1.38 bits per heavy atom. The Bertz CT molecular complexity index is 546. The molecule has 2 rings (SSSR count). The first-order valence-electron chi connectivity index (χ1n) is 7.83. The van der Waals surface area contributed by atoms with Gasteiger partial charge in [0.15, 0.2) is 0 Å². The first-order chi connectivity index (χ1) is 10.2. The third kappa shape index (κ3) is 4.14. The summed E-state index contributed by atoms with van der Waals surface area (Å²) in [6, 6.07) is 2.92. The van der Waals surface area contributed by atoms with Gasteiger partial charge in [-0.25, -0.2) is 4.98 Å². The van der Waals surface area contributed by atoms with Crippen molar-refractivity contribution in [3.63, 3.8) is 0 Å². The molecule has 4 nitrogen and oxygen atoms in total. The summed E-state index contributed by atoms with van der Waals surface area (Å²) >= 11 is 1.74. The number of aromatic nitrogens is 3. The van der Waals surface area contributed by atoms with Gasteiger partial charge in [0.05, 0.1) is 16.9 Å². The highest BCUT2D eigenvalue weighted by Crippen LogP contribution is 2.25. The van der Waals surface area contributed by atoms with Crippen molar-refractivity contribution in [3.05, 3.63) is 34.0 Å². The molecule has 0 aliphatic rings. The van der Waals surface area contributed by atoms with Crippen molar-refractivity contribution >= 4 is 11.3 Å².